The minimum atomic E-state index is 0.367. The summed E-state index contributed by atoms with van der Waals surface area (Å²) in [5, 5.41) is 0. The van der Waals surface area contributed by atoms with Gasteiger partial charge in [-0.3, -0.25) is 4.90 Å². The molecule has 2 N–H and O–H groups in total. The van der Waals surface area contributed by atoms with Crippen LogP contribution in [0.1, 0.15) is 42.9 Å². The predicted molar refractivity (Wildman–Crippen MR) is 89.5 cm³/mol. The second-order valence-electron chi connectivity index (χ2n) is 7.67. The Balaban J connectivity index is 1.62. The fourth-order valence-electron chi connectivity index (χ4n) is 4.15. The topological polar surface area (TPSA) is 29.3 Å². The molecule has 1 aromatic carbocycles. The van der Waals surface area contributed by atoms with Gasteiger partial charge < -0.3 is 5.73 Å². The molecule has 2 fully saturated rings. The third-order valence-corrected chi connectivity index (χ3v) is 5.56. The van der Waals surface area contributed by atoms with Crippen molar-refractivity contribution in [3.8, 4) is 0 Å². The summed E-state index contributed by atoms with van der Waals surface area (Å²) in [5.74, 6) is 1.65. The quantitative estimate of drug-likeness (QED) is 0.924. The van der Waals surface area contributed by atoms with Crippen LogP contribution in [0.4, 0.5) is 0 Å². The lowest BCUT2D eigenvalue weighted by Gasteiger charge is -2.47. The van der Waals surface area contributed by atoms with Crippen molar-refractivity contribution in [2.45, 2.75) is 58.5 Å². The maximum atomic E-state index is 6.33. The van der Waals surface area contributed by atoms with Crippen LogP contribution in [0, 0.1) is 25.7 Å². The summed E-state index contributed by atoms with van der Waals surface area (Å²) in [6.07, 6.45) is 5.13. The Morgan fingerprint density at radius 2 is 1.86 bits per heavy atom. The lowest BCUT2D eigenvalue weighted by molar-refractivity contribution is 0.0402. The smallest absolute Gasteiger partial charge is 0.0171 e. The highest BCUT2D eigenvalue weighted by Gasteiger charge is 2.35. The van der Waals surface area contributed by atoms with Gasteiger partial charge in [-0.15, -0.1) is 0 Å². The highest BCUT2D eigenvalue weighted by molar-refractivity contribution is 5.30. The molecule has 0 bridgehead atoms. The molecule has 1 heterocycles. The molecule has 2 aliphatic rings. The first kappa shape index (κ1) is 15.1. The number of nitrogens with zero attached hydrogens (tertiary/aromatic N) is 1. The minimum absolute atomic E-state index is 0.367. The van der Waals surface area contributed by atoms with Gasteiger partial charge in [0.25, 0.3) is 0 Å². The molecule has 0 spiro atoms. The molecule has 1 aliphatic carbocycles. The van der Waals surface area contributed by atoms with Crippen molar-refractivity contribution >= 4 is 0 Å². The van der Waals surface area contributed by atoms with Crippen LogP contribution in [-0.2, 0) is 6.42 Å². The number of aryl methyl sites for hydroxylation is 2. The fourth-order valence-corrected chi connectivity index (χ4v) is 4.15. The van der Waals surface area contributed by atoms with E-state index in [1.807, 2.05) is 0 Å². The Hall–Kier alpha value is -0.860. The van der Waals surface area contributed by atoms with E-state index in [9.17, 15) is 0 Å². The van der Waals surface area contributed by atoms with Crippen LogP contribution in [0.3, 0.4) is 0 Å². The number of benzene rings is 1. The number of piperidine rings is 1. The number of hydrogen-bond donors (Lipinski definition) is 1. The van der Waals surface area contributed by atoms with Crippen LogP contribution in [0.2, 0.25) is 0 Å². The molecule has 0 aromatic heterocycles. The zero-order valence-corrected chi connectivity index (χ0v) is 13.8. The van der Waals surface area contributed by atoms with E-state index >= 15 is 0 Å². The van der Waals surface area contributed by atoms with Gasteiger partial charge in [0.15, 0.2) is 0 Å². The van der Waals surface area contributed by atoms with E-state index in [0.717, 1.165) is 24.4 Å². The standard InChI is InChI=1S/C19H30N2/c1-13-6-19(7-13)21-11-17(10-18(20)12-21)9-16-5-4-14(2)15(3)8-16/h4-5,8,13,17-19H,6-7,9-12,20H2,1-3H3. The molecule has 1 aliphatic heterocycles. The van der Waals surface area contributed by atoms with Crippen molar-refractivity contribution in [3.05, 3.63) is 34.9 Å². The molecule has 0 amide bonds. The van der Waals surface area contributed by atoms with Gasteiger partial charge in [-0.05, 0) is 68.1 Å². The molecule has 1 aromatic rings. The highest BCUT2D eigenvalue weighted by atomic mass is 15.2. The summed E-state index contributed by atoms with van der Waals surface area (Å²) in [6, 6.07) is 8.11. The van der Waals surface area contributed by atoms with Crippen LogP contribution in [-0.4, -0.2) is 30.1 Å². The maximum Gasteiger partial charge on any atom is 0.0171 e. The van der Waals surface area contributed by atoms with Gasteiger partial charge in [0.1, 0.15) is 0 Å². The van der Waals surface area contributed by atoms with Gasteiger partial charge >= 0.3 is 0 Å². The van der Waals surface area contributed by atoms with E-state index in [0.29, 0.717) is 6.04 Å². The first-order chi connectivity index (χ1) is 10.0. The Bertz CT molecular complexity index is 490. The average Bonchev–Trinajstić information content (AvgIpc) is 2.39. The molecule has 0 radical (unpaired) electrons. The van der Waals surface area contributed by atoms with Gasteiger partial charge in [0, 0.05) is 25.2 Å². The summed E-state index contributed by atoms with van der Waals surface area (Å²) >= 11 is 0. The van der Waals surface area contributed by atoms with Crippen molar-refractivity contribution in [2.24, 2.45) is 17.6 Å². The van der Waals surface area contributed by atoms with Crippen molar-refractivity contribution in [1.29, 1.82) is 0 Å². The van der Waals surface area contributed by atoms with Gasteiger partial charge in [-0.25, -0.2) is 0 Å². The zero-order valence-electron chi connectivity index (χ0n) is 13.8. The summed E-state index contributed by atoms with van der Waals surface area (Å²) < 4.78 is 0. The molecule has 1 saturated carbocycles. The molecule has 2 unspecified atom stereocenters. The van der Waals surface area contributed by atoms with E-state index in [-0.39, 0.29) is 0 Å². The second kappa shape index (κ2) is 6.10. The molecule has 3 rings (SSSR count). The minimum Gasteiger partial charge on any atom is -0.327 e. The van der Waals surface area contributed by atoms with Gasteiger partial charge in [0.05, 0.1) is 0 Å². The van der Waals surface area contributed by atoms with Crippen molar-refractivity contribution in [2.75, 3.05) is 13.1 Å². The first-order valence-corrected chi connectivity index (χ1v) is 8.57. The molecule has 21 heavy (non-hydrogen) atoms. The summed E-state index contributed by atoms with van der Waals surface area (Å²) in [6.45, 7) is 9.13. The van der Waals surface area contributed by atoms with E-state index in [1.54, 1.807) is 0 Å². The first-order valence-electron chi connectivity index (χ1n) is 8.57. The molecule has 2 heteroatoms. The van der Waals surface area contributed by atoms with Gasteiger partial charge in [-0.2, -0.15) is 0 Å². The molecule has 2 nitrogen and oxygen atoms in total. The van der Waals surface area contributed by atoms with E-state index in [2.05, 4.69) is 43.9 Å². The third-order valence-electron chi connectivity index (χ3n) is 5.56. The number of likely N-dealkylation sites (tertiary alicyclic amines) is 1. The lowest BCUT2D eigenvalue weighted by Crippen LogP contribution is -2.54. The Labute approximate surface area is 129 Å². The van der Waals surface area contributed by atoms with Gasteiger partial charge in [-0.1, -0.05) is 25.1 Å². The molecular weight excluding hydrogens is 256 g/mol. The molecular formula is C19H30N2. The Kier molecular flexibility index (Phi) is 4.37. The number of rotatable bonds is 3. The largest absolute Gasteiger partial charge is 0.327 e. The van der Waals surface area contributed by atoms with E-state index in [4.69, 9.17) is 5.73 Å². The van der Waals surface area contributed by atoms with E-state index < -0.39 is 0 Å². The maximum absolute atomic E-state index is 6.33. The lowest BCUT2D eigenvalue weighted by atomic mass is 9.78. The van der Waals surface area contributed by atoms with Crippen molar-refractivity contribution in [3.63, 3.8) is 0 Å². The van der Waals surface area contributed by atoms with Crippen LogP contribution >= 0.6 is 0 Å². The second-order valence-corrected chi connectivity index (χ2v) is 7.67. The molecule has 1 saturated heterocycles. The average molecular weight is 286 g/mol. The van der Waals surface area contributed by atoms with Crippen LogP contribution in [0.25, 0.3) is 0 Å². The van der Waals surface area contributed by atoms with Gasteiger partial charge in [0.2, 0.25) is 0 Å². The third kappa shape index (κ3) is 3.49. The predicted octanol–water partition coefficient (Wildman–Crippen LogP) is 3.29. The number of hydrogen-bond acceptors (Lipinski definition) is 2. The normalized spacial score (nSPS) is 33.7. The number of nitrogens with two attached hydrogens (primary N) is 1. The fraction of sp³-hybridized carbons (Fsp3) is 0.684. The Morgan fingerprint density at radius 3 is 2.52 bits per heavy atom. The van der Waals surface area contributed by atoms with Crippen molar-refractivity contribution < 1.29 is 0 Å². The zero-order chi connectivity index (χ0) is 15.0. The Morgan fingerprint density at radius 1 is 1.10 bits per heavy atom. The van der Waals surface area contributed by atoms with Crippen LogP contribution in [0.5, 0.6) is 0 Å². The molecule has 116 valence electrons. The summed E-state index contributed by atoms with van der Waals surface area (Å²) in [5.41, 5.74) is 10.6. The molecule has 2 atom stereocenters. The summed E-state index contributed by atoms with van der Waals surface area (Å²) in [4.78, 5) is 2.68. The van der Waals surface area contributed by atoms with E-state index in [1.165, 1.54) is 48.9 Å². The SMILES string of the molecule is Cc1ccc(CC2CC(N)CN(C3CC(C)C3)C2)cc1C. The van der Waals surface area contributed by atoms with Crippen molar-refractivity contribution in [1.82, 2.24) is 4.90 Å². The monoisotopic (exact) mass is 286 g/mol. The van der Waals surface area contributed by atoms with Crippen LogP contribution in [0.15, 0.2) is 18.2 Å². The summed E-state index contributed by atoms with van der Waals surface area (Å²) in [7, 11) is 0. The van der Waals surface area contributed by atoms with Crippen LogP contribution < -0.4 is 5.73 Å². The highest BCUT2D eigenvalue weighted by Crippen LogP contribution is 2.34.